The van der Waals surface area contributed by atoms with Crippen LogP contribution in [0, 0.1) is 13.8 Å². The lowest BCUT2D eigenvalue weighted by molar-refractivity contribution is 0.0517. The fourth-order valence-corrected chi connectivity index (χ4v) is 3.89. The molecule has 1 unspecified atom stereocenters. The first-order chi connectivity index (χ1) is 13.5. The first kappa shape index (κ1) is 18.4. The van der Waals surface area contributed by atoms with Crippen LogP contribution in [0.1, 0.15) is 33.9 Å². The van der Waals surface area contributed by atoms with Crippen molar-refractivity contribution in [2.24, 2.45) is 5.73 Å². The fraction of sp³-hybridized carbons (Fsp3) is 0.154. The van der Waals surface area contributed by atoms with Gasteiger partial charge >= 0.3 is 0 Å². The lowest BCUT2D eigenvalue weighted by Crippen LogP contribution is -2.40. The molecular formula is C26H25NO. The first-order valence-electron chi connectivity index (χ1n) is 9.60. The third-order valence-corrected chi connectivity index (χ3v) is 5.59. The van der Waals surface area contributed by atoms with Gasteiger partial charge in [0.25, 0.3) is 0 Å². The maximum absolute atomic E-state index is 12.1. The predicted octanol–water partition coefficient (Wildman–Crippen LogP) is 5.39. The van der Waals surface area contributed by atoms with Crippen LogP contribution >= 0.6 is 0 Å². The minimum atomic E-state index is -1.34. The molecule has 28 heavy (non-hydrogen) atoms. The molecule has 0 bridgehead atoms. The van der Waals surface area contributed by atoms with Crippen LogP contribution in [0.15, 0.2) is 91.0 Å². The van der Waals surface area contributed by atoms with E-state index < -0.39 is 11.6 Å². The normalized spacial score (nSPS) is 12.9. The van der Waals surface area contributed by atoms with Crippen molar-refractivity contribution in [2.45, 2.75) is 25.5 Å². The van der Waals surface area contributed by atoms with Gasteiger partial charge < -0.3 is 10.8 Å². The summed E-state index contributed by atoms with van der Waals surface area (Å²) < 4.78 is 0. The Labute approximate surface area is 166 Å². The van der Waals surface area contributed by atoms with Crippen molar-refractivity contribution in [3.05, 3.63) is 119 Å². The van der Waals surface area contributed by atoms with E-state index in [0.717, 1.165) is 38.6 Å². The topological polar surface area (TPSA) is 46.2 Å². The molecule has 140 valence electrons. The second-order valence-electron chi connectivity index (χ2n) is 7.54. The van der Waals surface area contributed by atoms with Crippen LogP contribution in [-0.2, 0) is 5.60 Å². The van der Waals surface area contributed by atoms with Crippen LogP contribution < -0.4 is 5.73 Å². The molecular weight excluding hydrogens is 342 g/mol. The van der Waals surface area contributed by atoms with Crippen LogP contribution in [0.5, 0.6) is 0 Å². The van der Waals surface area contributed by atoms with E-state index in [1.807, 2.05) is 86.6 Å². The average molecular weight is 367 g/mol. The molecule has 0 fully saturated rings. The van der Waals surface area contributed by atoms with E-state index >= 15 is 0 Å². The van der Waals surface area contributed by atoms with Crippen LogP contribution in [0.2, 0.25) is 0 Å². The Bertz CT molecular complexity index is 1050. The summed E-state index contributed by atoms with van der Waals surface area (Å²) in [7, 11) is 0. The molecule has 4 rings (SSSR count). The van der Waals surface area contributed by atoms with Gasteiger partial charge in [0.2, 0.25) is 0 Å². The van der Waals surface area contributed by atoms with E-state index in [0.29, 0.717) is 0 Å². The van der Waals surface area contributed by atoms with E-state index in [1.165, 1.54) is 0 Å². The maximum Gasteiger partial charge on any atom is 0.134 e. The summed E-state index contributed by atoms with van der Waals surface area (Å²) in [6, 6.07) is 29.6. The second kappa shape index (κ2) is 7.23. The van der Waals surface area contributed by atoms with Gasteiger partial charge in [0.1, 0.15) is 5.60 Å². The number of rotatable bonds is 4. The molecule has 3 N–H and O–H groups in total. The second-order valence-corrected chi connectivity index (χ2v) is 7.54. The molecule has 0 aliphatic rings. The standard InChI is InChI=1S/C26H25NO/c1-18-10-14-21(15-11-18)26(28,22-16-12-19(2)13-17-22)25(27)24-9-5-7-20-6-3-4-8-23(20)24/h3-17,25,28H,27H2,1-2H3. The Balaban J connectivity index is 1.94. The Morgan fingerprint density at radius 3 is 1.75 bits per heavy atom. The summed E-state index contributed by atoms with van der Waals surface area (Å²) in [5.74, 6) is 0. The lowest BCUT2D eigenvalue weighted by Gasteiger charge is -2.36. The zero-order valence-corrected chi connectivity index (χ0v) is 16.3. The third kappa shape index (κ3) is 3.11. The van der Waals surface area contributed by atoms with Crippen molar-refractivity contribution < 1.29 is 5.11 Å². The van der Waals surface area contributed by atoms with Gasteiger partial charge in [-0.3, -0.25) is 0 Å². The number of benzene rings is 4. The van der Waals surface area contributed by atoms with Crippen molar-refractivity contribution in [1.82, 2.24) is 0 Å². The van der Waals surface area contributed by atoms with E-state index in [-0.39, 0.29) is 0 Å². The van der Waals surface area contributed by atoms with Gasteiger partial charge in [0.15, 0.2) is 0 Å². The maximum atomic E-state index is 12.1. The minimum absolute atomic E-state index is 0.621. The summed E-state index contributed by atoms with van der Waals surface area (Å²) in [6.07, 6.45) is 0. The SMILES string of the molecule is Cc1ccc(C(O)(c2ccc(C)cc2)C(N)c2cccc3ccccc23)cc1. The highest BCUT2D eigenvalue weighted by Crippen LogP contribution is 2.41. The number of aliphatic hydroxyl groups is 1. The van der Waals surface area contributed by atoms with Crippen molar-refractivity contribution in [3.8, 4) is 0 Å². The van der Waals surface area contributed by atoms with Crippen molar-refractivity contribution in [3.63, 3.8) is 0 Å². The smallest absolute Gasteiger partial charge is 0.134 e. The van der Waals surface area contributed by atoms with E-state index in [9.17, 15) is 5.11 Å². The molecule has 0 spiro atoms. The van der Waals surface area contributed by atoms with E-state index in [1.54, 1.807) is 0 Å². The fourth-order valence-electron chi connectivity index (χ4n) is 3.89. The Morgan fingerprint density at radius 1 is 0.679 bits per heavy atom. The molecule has 2 nitrogen and oxygen atoms in total. The van der Waals surface area contributed by atoms with Crippen LogP contribution in [0.25, 0.3) is 10.8 Å². The number of hydrogen-bond acceptors (Lipinski definition) is 2. The summed E-state index contributed by atoms with van der Waals surface area (Å²) in [6.45, 7) is 4.08. The number of fused-ring (bicyclic) bond motifs is 1. The third-order valence-electron chi connectivity index (χ3n) is 5.59. The minimum Gasteiger partial charge on any atom is -0.378 e. The number of aryl methyl sites for hydroxylation is 2. The highest BCUT2D eigenvalue weighted by molar-refractivity contribution is 5.86. The van der Waals surface area contributed by atoms with Crippen LogP contribution in [0.3, 0.4) is 0 Å². The van der Waals surface area contributed by atoms with E-state index in [2.05, 4.69) is 18.2 Å². The zero-order valence-electron chi connectivity index (χ0n) is 16.3. The molecule has 0 heterocycles. The highest BCUT2D eigenvalue weighted by atomic mass is 16.3. The first-order valence-corrected chi connectivity index (χ1v) is 9.60. The molecule has 0 aliphatic heterocycles. The molecule has 0 amide bonds. The molecule has 4 aromatic rings. The van der Waals surface area contributed by atoms with Gasteiger partial charge in [0, 0.05) is 0 Å². The quantitative estimate of drug-likeness (QED) is 0.508. The van der Waals surface area contributed by atoms with Crippen LogP contribution in [-0.4, -0.2) is 5.11 Å². The molecule has 0 saturated heterocycles. The molecule has 4 aromatic carbocycles. The highest BCUT2D eigenvalue weighted by Gasteiger charge is 2.39. The molecule has 0 aliphatic carbocycles. The van der Waals surface area contributed by atoms with Gasteiger partial charge in [-0.15, -0.1) is 0 Å². The molecule has 0 radical (unpaired) electrons. The summed E-state index contributed by atoms with van der Waals surface area (Å²) in [5, 5.41) is 14.3. The Morgan fingerprint density at radius 2 is 1.18 bits per heavy atom. The Kier molecular flexibility index (Phi) is 4.76. The molecule has 1 atom stereocenters. The number of hydrogen-bond donors (Lipinski definition) is 2. The van der Waals surface area contributed by atoms with Crippen LogP contribution in [0.4, 0.5) is 0 Å². The van der Waals surface area contributed by atoms with Gasteiger partial charge in [-0.1, -0.05) is 102 Å². The van der Waals surface area contributed by atoms with Gasteiger partial charge in [0.05, 0.1) is 6.04 Å². The molecule has 0 saturated carbocycles. The van der Waals surface area contributed by atoms with Gasteiger partial charge in [-0.25, -0.2) is 0 Å². The predicted molar refractivity (Wildman–Crippen MR) is 116 cm³/mol. The van der Waals surface area contributed by atoms with Crippen molar-refractivity contribution in [2.75, 3.05) is 0 Å². The Hall–Kier alpha value is -2.94. The zero-order chi connectivity index (χ0) is 19.7. The van der Waals surface area contributed by atoms with Crippen molar-refractivity contribution >= 4 is 10.8 Å². The van der Waals surface area contributed by atoms with Gasteiger partial charge in [-0.2, -0.15) is 0 Å². The number of nitrogens with two attached hydrogens (primary N) is 1. The summed E-state index contributed by atoms with van der Waals surface area (Å²) in [5.41, 5.74) is 10.3. The summed E-state index contributed by atoms with van der Waals surface area (Å²) >= 11 is 0. The molecule has 0 aromatic heterocycles. The lowest BCUT2D eigenvalue weighted by atomic mass is 9.76. The average Bonchev–Trinajstić information content (AvgIpc) is 2.73. The molecule has 2 heteroatoms. The van der Waals surface area contributed by atoms with Crippen molar-refractivity contribution in [1.29, 1.82) is 0 Å². The monoisotopic (exact) mass is 367 g/mol. The van der Waals surface area contributed by atoms with Gasteiger partial charge in [-0.05, 0) is 41.3 Å². The largest absolute Gasteiger partial charge is 0.378 e. The van der Waals surface area contributed by atoms with E-state index in [4.69, 9.17) is 5.73 Å². The summed E-state index contributed by atoms with van der Waals surface area (Å²) in [4.78, 5) is 0.